The summed E-state index contributed by atoms with van der Waals surface area (Å²) in [7, 11) is 0. The molecule has 1 nitrogen and oxygen atoms in total. The normalized spacial score (nSPS) is 8.86. The fourth-order valence-corrected chi connectivity index (χ4v) is 0.934. The van der Waals surface area contributed by atoms with Gasteiger partial charge >= 0.3 is 57.7 Å². The predicted octanol–water partition coefficient (Wildman–Crippen LogP) is 0.336. The Morgan fingerprint density at radius 1 is 1.71 bits per heavy atom. The van der Waals surface area contributed by atoms with Crippen molar-refractivity contribution < 1.29 is 4.79 Å². The summed E-state index contributed by atoms with van der Waals surface area (Å²) >= 11 is 0.801. The van der Waals surface area contributed by atoms with Gasteiger partial charge in [0.05, 0.1) is 0 Å². The Bertz CT molecular complexity index is 61.1. The van der Waals surface area contributed by atoms with E-state index in [0.29, 0.717) is 3.73 Å². The Kier molecular flexibility index (Phi) is 4.97. The van der Waals surface area contributed by atoms with Gasteiger partial charge in [-0.05, 0) is 0 Å². The molecule has 0 aromatic carbocycles. The SMILES string of the molecule is CCCC[C](=O)[SbH2]. The van der Waals surface area contributed by atoms with E-state index >= 15 is 0 Å². The zero-order valence-electron chi connectivity index (χ0n) is 4.61. The second kappa shape index (κ2) is 4.64. The molecule has 0 heterocycles. The molecule has 0 aliphatic heterocycles. The second-order valence-corrected chi connectivity index (χ2v) is 3.41. The molecule has 0 spiro atoms. The van der Waals surface area contributed by atoms with Crippen LogP contribution in [0.4, 0.5) is 0 Å². The van der Waals surface area contributed by atoms with E-state index < -0.39 is 0 Å². The molecule has 0 aliphatic carbocycles. The van der Waals surface area contributed by atoms with Crippen LogP contribution in [0, 0.1) is 0 Å². The monoisotopic (exact) mass is 208 g/mol. The van der Waals surface area contributed by atoms with E-state index in [1.807, 2.05) is 0 Å². The van der Waals surface area contributed by atoms with Crippen molar-refractivity contribution in [1.82, 2.24) is 0 Å². The Morgan fingerprint density at radius 3 is 2.43 bits per heavy atom. The van der Waals surface area contributed by atoms with E-state index in [1.165, 1.54) is 0 Å². The minimum atomic E-state index is 0.437. The quantitative estimate of drug-likeness (QED) is 0.612. The molecule has 0 saturated heterocycles. The Hall–Kier alpha value is 0.488. The van der Waals surface area contributed by atoms with Gasteiger partial charge in [-0.1, -0.05) is 0 Å². The maximum atomic E-state index is 10.3. The molecular weight excluding hydrogens is 198 g/mol. The molecule has 0 unspecified atom stereocenters. The summed E-state index contributed by atoms with van der Waals surface area (Å²) < 4.78 is 0.437. The van der Waals surface area contributed by atoms with Crippen molar-refractivity contribution in [3.63, 3.8) is 0 Å². The predicted molar refractivity (Wildman–Crippen MR) is 33.1 cm³/mol. The van der Waals surface area contributed by atoms with Gasteiger partial charge in [0.2, 0.25) is 0 Å². The van der Waals surface area contributed by atoms with Gasteiger partial charge in [-0.15, -0.1) is 0 Å². The molecule has 0 saturated carbocycles. The molecule has 0 aromatic heterocycles. The van der Waals surface area contributed by atoms with Gasteiger partial charge in [-0.25, -0.2) is 0 Å². The van der Waals surface area contributed by atoms with Gasteiger partial charge in [0.1, 0.15) is 0 Å². The summed E-state index contributed by atoms with van der Waals surface area (Å²) in [5.41, 5.74) is 0. The van der Waals surface area contributed by atoms with Crippen LogP contribution >= 0.6 is 0 Å². The van der Waals surface area contributed by atoms with Crippen LogP contribution in [0.3, 0.4) is 0 Å². The fourth-order valence-electron chi connectivity index (χ4n) is 0.351. The Labute approximate surface area is 58.0 Å². The molecule has 0 amide bonds. The van der Waals surface area contributed by atoms with Crippen molar-refractivity contribution >= 4 is 26.8 Å². The Balaban J connectivity index is 2.82. The molecule has 42 valence electrons. The number of carbonyl (C=O) groups excluding carboxylic acids is 1. The fraction of sp³-hybridized carbons (Fsp3) is 0.800. The summed E-state index contributed by atoms with van der Waals surface area (Å²) in [4.78, 5) is 10.3. The number of carbonyl (C=O) groups is 1. The summed E-state index contributed by atoms with van der Waals surface area (Å²) in [6, 6.07) is 0. The molecule has 0 aliphatic rings. The van der Waals surface area contributed by atoms with Crippen molar-refractivity contribution in [3.8, 4) is 0 Å². The van der Waals surface area contributed by atoms with Gasteiger partial charge in [0.25, 0.3) is 0 Å². The minimum absolute atomic E-state index is 0.437. The molecule has 0 fully saturated rings. The summed E-state index contributed by atoms with van der Waals surface area (Å²) in [6.07, 6.45) is 3.05. The van der Waals surface area contributed by atoms with Crippen molar-refractivity contribution in [2.75, 3.05) is 0 Å². The van der Waals surface area contributed by atoms with Crippen LogP contribution in [0.1, 0.15) is 26.2 Å². The topological polar surface area (TPSA) is 17.1 Å². The van der Waals surface area contributed by atoms with Crippen molar-refractivity contribution in [3.05, 3.63) is 0 Å². The van der Waals surface area contributed by atoms with E-state index in [0.717, 1.165) is 42.3 Å². The third-order valence-corrected chi connectivity index (χ3v) is 1.60. The first-order valence-corrected chi connectivity index (χ1v) is 4.20. The molecule has 0 aromatic rings. The zero-order valence-corrected chi connectivity index (χ0v) is 7.90. The van der Waals surface area contributed by atoms with Crippen LogP contribution < -0.4 is 0 Å². The summed E-state index contributed by atoms with van der Waals surface area (Å²) in [5.74, 6) is 0. The van der Waals surface area contributed by atoms with E-state index in [-0.39, 0.29) is 0 Å². The average Bonchev–Trinajstić information content (AvgIpc) is 1.61. The van der Waals surface area contributed by atoms with E-state index in [2.05, 4.69) is 6.92 Å². The van der Waals surface area contributed by atoms with Crippen LogP contribution in [0.5, 0.6) is 0 Å². The van der Waals surface area contributed by atoms with Crippen LogP contribution in [0.2, 0.25) is 0 Å². The molecular formula is C5H11OSb. The van der Waals surface area contributed by atoms with E-state index in [9.17, 15) is 4.79 Å². The number of hydrogen-bond donors (Lipinski definition) is 0. The van der Waals surface area contributed by atoms with Gasteiger partial charge in [-0.3, -0.25) is 0 Å². The third kappa shape index (κ3) is 6.49. The van der Waals surface area contributed by atoms with Crippen molar-refractivity contribution in [2.45, 2.75) is 26.2 Å². The standard InChI is InChI=1S/C5H9O.Sb.2H/c1-2-3-4-5-6;;;/h2-4H2,1H3;;;. The molecule has 0 bridgehead atoms. The molecule has 2 heteroatoms. The van der Waals surface area contributed by atoms with Crippen LogP contribution in [-0.4, -0.2) is 26.8 Å². The van der Waals surface area contributed by atoms with Gasteiger partial charge in [0, 0.05) is 0 Å². The van der Waals surface area contributed by atoms with Crippen molar-refractivity contribution in [2.24, 2.45) is 0 Å². The Morgan fingerprint density at radius 2 is 2.29 bits per heavy atom. The van der Waals surface area contributed by atoms with Gasteiger partial charge in [-0.2, -0.15) is 0 Å². The first-order chi connectivity index (χ1) is 3.27. The molecule has 0 N–H and O–H groups in total. The average molecular weight is 209 g/mol. The molecule has 0 rings (SSSR count). The zero-order chi connectivity index (χ0) is 5.70. The molecule has 0 atom stereocenters. The third-order valence-electron chi connectivity index (χ3n) is 0.777. The molecule has 0 radical (unpaired) electrons. The van der Waals surface area contributed by atoms with Crippen molar-refractivity contribution in [1.29, 1.82) is 0 Å². The first-order valence-electron chi connectivity index (χ1n) is 2.55. The van der Waals surface area contributed by atoms with Crippen LogP contribution in [0.25, 0.3) is 0 Å². The summed E-state index contributed by atoms with van der Waals surface area (Å²) in [5, 5.41) is 0. The van der Waals surface area contributed by atoms with Gasteiger partial charge < -0.3 is 0 Å². The maximum absolute atomic E-state index is 10.3. The van der Waals surface area contributed by atoms with Crippen LogP contribution in [0.15, 0.2) is 0 Å². The number of hydrogen-bond acceptors (Lipinski definition) is 1. The number of rotatable bonds is 3. The number of unbranched alkanes of at least 4 members (excludes halogenated alkanes) is 1. The first kappa shape index (κ1) is 7.49. The second-order valence-electron chi connectivity index (χ2n) is 1.57. The molecule has 7 heavy (non-hydrogen) atoms. The van der Waals surface area contributed by atoms with Crippen LogP contribution in [-0.2, 0) is 4.79 Å². The van der Waals surface area contributed by atoms with E-state index in [1.54, 1.807) is 0 Å². The summed E-state index contributed by atoms with van der Waals surface area (Å²) in [6.45, 7) is 2.10. The van der Waals surface area contributed by atoms with E-state index in [4.69, 9.17) is 0 Å². The van der Waals surface area contributed by atoms with Gasteiger partial charge in [0.15, 0.2) is 0 Å².